The Morgan fingerprint density at radius 2 is 1.62 bits per heavy atom. The molecule has 0 saturated carbocycles. The summed E-state index contributed by atoms with van der Waals surface area (Å²) in [6, 6.07) is 8.75. The molecule has 0 unspecified atom stereocenters. The van der Waals surface area contributed by atoms with Gasteiger partial charge < -0.3 is 5.09 Å². The SMILES string of the molecule is Cc1ccc(/C(=N\C2=C(C(C)C)C=CCC2)NP(C(C)C)C(C)C)cc1. The van der Waals surface area contributed by atoms with Gasteiger partial charge in [-0.3, -0.25) is 0 Å². The molecule has 0 radical (unpaired) electrons. The summed E-state index contributed by atoms with van der Waals surface area (Å²) in [5, 5.41) is 3.85. The molecule has 0 atom stereocenters. The average Bonchev–Trinajstić information content (AvgIpc) is 2.58. The molecule has 1 aliphatic carbocycles. The van der Waals surface area contributed by atoms with Gasteiger partial charge in [0, 0.05) is 11.3 Å². The maximum atomic E-state index is 5.19. The second-order valence-electron chi connectivity index (χ2n) is 8.03. The van der Waals surface area contributed by atoms with Crippen LogP contribution in [0.4, 0.5) is 0 Å². The second kappa shape index (κ2) is 9.51. The van der Waals surface area contributed by atoms with Crippen molar-refractivity contribution in [1.29, 1.82) is 0 Å². The Bertz CT molecular complexity index is 671. The van der Waals surface area contributed by atoms with E-state index >= 15 is 0 Å². The van der Waals surface area contributed by atoms with Crippen LogP contribution in [-0.4, -0.2) is 17.2 Å². The van der Waals surface area contributed by atoms with Gasteiger partial charge in [-0.05, 0) is 50.6 Å². The van der Waals surface area contributed by atoms with Crippen LogP contribution in [-0.2, 0) is 0 Å². The minimum atomic E-state index is -0.327. The number of benzene rings is 1. The van der Waals surface area contributed by atoms with Crippen LogP contribution in [0.2, 0.25) is 0 Å². The summed E-state index contributed by atoms with van der Waals surface area (Å²) in [5.74, 6) is 1.54. The first-order valence-electron chi connectivity index (χ1n) is 9.90. The van der Waals surface area contributed by atoms with Crippen molar-refractivity contribution in [3.05, 3.63) is 58.8 Å². The average molecular weight is 371 g/mol. The van der Waals surface area contributed by atoms with E-state index in [1.165, 1.54) is 22.4 Å². The Kier molecular flexibility index (Phi) is 7.65. The molecule has 0 aromatic heterocycles. The molecule has 0 bridgehead atoms. The number of allylic oxidation sites excluding steroid dienone is 4. The van der Waals surface area contributed by atoms with Gasteiger partial charge in [-0.2, -0.15) is 0 Å². The van der Waals surface area contributed by atoms with E-state index in [-0.39, 0.29) is 8.07 Å². The third kappa shape index (κ3) is 5.55. The number of nitrogens with zero attached hydrogens (tertiary/aromatic N) is 1. The number of amidine groups is 1. The van der Waals surface area contributed by atoms with Gasteiger partial charge >= 0.3 is 0 Å². The molecule has 1 aliphatic rings. The van der Waals surface area contributed by atoms with Crippen molar-refractivity contribution in [3.63, 3.8) is 0 Å². The Morgan fingerprint density at radius 3 is 2.15 bits per heavy atom. The molecule has 0 amide bonds. The predicted molar refractivity (Wildman–Crippen MR) is 118 cm³/mol. The molecule has 0 spiro atoms. The van der Waals surface area contributed by atoms with Crippen molar-refractivity contribution < 1.29 is 0 Å². The highest BCUT2D eigenvalue weighted by Crippen LogP contribution is 2.42. The smallest absolute Gasteiger partial charge is 0.136 e. The van der Waals surface area contributed by atoms with E-state index in [0.717, 1.165) is 18.7 Å². The second-order valence-corrected chi connectivity index (χ2v) is 11.1. The number of aliphatic imine (C=N–C) groups is 1. The van der Waals surface area contributed by atoms with Gasteiger partial charge in [0.1, 0.15) is 5.84 Å². The van der Waals surface area contributed by atoms with E-state index in [1.54, 1.807) is 0 Å². The number of aryl methyl sites for hydroxylation is 1. The molecule has 1 N–H and O–H groups in total. The molecule has 2 rings (SSSR count). The fraction of sp³-hybridized carbons (Fsp3) is 0.522. The van der Waals surface area contributed by atoms with Crippen LogP contribution in [0.15, 0.2) is 52.7 Å². The molecule has 1 aromatic rings. The van der Waals surface area contributed by atoms with Gasteiger partial charge in [0.05, 0.1) is 0 Å². The Morgan fingerprint density at radius 1 is 1.00 bits per heavy atom. The summed E-state index contributed by atoms with van der Waals surface area (Å²) in [5.41, 5.74) is 6.32. The van der Waals surface area contributed by atoms with Crippen LogP contribution in [0.25, 0.3) is 0 Å². The molecule has 0 heterocycles. The lowest BCUT2D eigenvalue weighted by molar-refractivity contribution is 0.749. The van der Waals surface area contributed by atoms with Gasteiger partial charge in [-0.15, -0.1) is 0 Å². The fourth-order valence-corrected chi connectivity index (χ4v) is 5.43. The normalized spacial score (nSPS) is 15.7. The number of hydrogen-bond acceptors (Lipinski definition) is 1. The standard InChI is InChI=1S/C23H35N2P/c1-16(2)21-10-8-9-11-22(21)24-23(20-14-12-19(7)13-15-20)25-26(17(3)4)18(5)6/h8,10,12-18H,9,11H2,1-7H3,(H,24,25). The van der Waals surface area contributed by atoms with Gasteiger partial charge in [-0.25, -0.2) is 4.99 Å². The lowest BCUT2D eigenvalue weighted by Gasteiger charge is -2.28. The van der Waals surface area contributed by atoms with Crippen LogP contribution in [0.1, 0.15) is 65.5 Å². The largest absolute Gasteiger partial charge is 0.348 e. The Labute approximate surface area is 161 Å². The topological polar surface area (TPSA) is 24.4 Å². The monoisotopic (exact) mass is 370 g/mol. The summed E-state index contributed by atoms with van der Waals surface area (Å²) in [6.07, 6.45) is 6.66. The maximum Gasteiger partial charge on any atom is 0.136 e. The van der Waals surface area contributed by atoms with Gasteiger partial charge in [0.15, 0.2) is 0 Å². The molecule has 26 heavy (non-hydrogen) atoms. The molecule has 0 aliphatic heterocycles. The van der Waals surface area contributed by atoms with Gasteiger partial charge in [0.2, 0.25) is 0 Å². The minimum Gasteiger partial charge on any atom is -0.348 e. The quantitative estimate of drug-likeness (QED) is 0.332. The molecule has 0 fully saturated rings. The summed E-state index contributed by atoms with van der Waals surface area (Å²) in [7, 11) is -0.327. The van der Waals surface area contributed by atoms with Crippen LogP contribution >= 0.6 is 8.07 Å². The zero-order valence-electron chi connectivity index (χ0n) is 17.5. The van der Waals surface area contributed by atoms with Crippen molar-refractivity contribution in [3.8, 4) is 0 Å². The van der Waals surface area contributed by atoms with Crippen molar-refractivity contribution in [1.82, 2.24) is 5.09 Å². The van der Waals surface area contributed by atoms with E-state index < -0.39 is 0 Å². The Balaban J connectivity index is 2.49. The highest BCUT2D eigenvalue weighted by Gasteiger charge is 2.20. The first kappa shape index (κ1) is 20.9. The van der Waals surface area contributed by atoms with Crippen molar-refractivity contribution >= 4 is 13.9 Å². The highest BCUT2D eigenvalue weighted by molar-refractivity contribution is 7.57. The van der Waals surface area contributed by atoms with E-state index in [1.807, 2.05) is 0 Å². The predicted octanol–water partition coefficient (Wildman–Crippen LogP) is 6.81. The first-order valence-corrected chi connectivity index (χ1v) is 11.4. The van der Waals surface area contributed by atoms with Crippen molar-refractivity contribution in [2.24, 2.45) is 10.9 Å². The molecule has 142 valence electrons. The molecular weight excluding hydrogens is 335 g/mol. The van der Waals surface area contributed by atoms with Crippen LogP contribution in [0.5, 0.6) is 0 Å². The van der Waals surface area contributed by atoms with Gasteiger partial charge in [0.25, 0.3) is 0 Å². The number of rotatable bonds is 6. The van der Waals surface area contributed by atoms with Crippen molar-refractivity contribution in [2.75, 3.05) is 0 Å². The third-order valence-electron chi connectivity index (χ3n) is 4.72. The van der Waals surface area contributed by atoms with Gasteiger partial charge in [-0.1, -0.05) is 83.5 Å². The summed E-state index contributed by atoms with van der Waals surface area (Å²) in [6.45, 7) is 15.9. The molecule has 0 saturated heterocycles. The molecular formula is C23H35N2P. The maximum absolute atomic E-state index is 5.19. The van der Waals surface area contributed by atoms with E-state index in [0.29, 0.717) is 17.2 Å². The number of nitrogens with one attached hydrogen (secondary N) is 1. The summed E-state index contributed by atoms with van der Waals surface area (Å²) >= 11 is 0. The Hall–Kier alpha value is -1.40. The minimum absolute atomic E-state index is 0.327. The number of hydrogen-bond donors (Lipinski definition) is 1. The fourth-order valence-electron chi connectivity index (χ4n) is 3.29. The highest BCUT2D eigenvalue weighted by atomic mass is 31.1. The van der Waals surface area contributed by atoms with E-state index in [9.17, 15) is 0 Å². The summed E-state index contributed by atoms with van der Waals surface area (Å²) < 4.78 is 0. The molecule has 2 nitrogen and oxygen atoms in total. The lowest BCUT2D eigenvalue weighted by Crippen LogP contribution is -2.26. The zero-order chi connectivity index (χ0) is 19.3. The molecule has 1 aromatic carbocycles. The molecule has 3 heteroatoms. The first-order chi connectivity index (χ1) is 12.3. The lowest BCUT2D eigenvalue weighted by atomic mass is 9.94. The summed E-state index contributed by atoms with van der Waals surface area (Å²) in [4.78, 5) is 5.19. The van der Waals surface area contributed by atoms with Crippen LogP contribution in [0.3, 0.4) is 0 Å². The van der Waals surface area contributed by atoms with E-state index in [2.05, 4.69) is 90.0 Å². The van der Waals surface area contributed by atoms with Crippen molar-refractivity contribution in [2.45, 2.75) is 72.6 Å². The third-order valence-corrected chi connectivity index (χ3v) is 7.42. The van der Waals surface area contributed by atoms with Crippen LogP contribution in [0, 0.1) is 12.8 Å². The zero-order valence-corrected chi connectivity index (χ0v) is 18.4. The van der Waals surface area contributed by atoms with E-state index in [4.69, 9.17) is 4.99 Å². The van der Waals surface area contributed by atoms with Crippen LogP contribution < -0.4 is 5.09 Å².